The number of hydrogen-bond acceptors (Lipinski definition) is 5. The Labute approximate surface area is 163 Å². The van der Waals surface area contributed by atoms with Crippen LogP contribution in [0.2, 0.25) is 0 Å². The Hall–Kier alpha value is -2.44. The fraction of sp³-hybridized carbons (Fsp3) is 0.333. The van der Waals surface area contributed by atoms with Gasteiger partial charge in [-0.3, -0.25) is 9.69 Å². The highest BCUT2D eigenvalue weighted by atomic mass is 32.1. The molecule has 5 nitrogen and oxygen atoms in total. The number of aromatic nitrogens is 1. The Morgan fingerprint density at radius 2 is 1.89 bits per heavy atom. The van der Waals surface area contributed by atoms with Gasteiger partial charge in [0.15, 0.2) is 0 Å². The molecule has 2 aromatic carbocycles. The number of fused-ring (bicyclic) bond motifs is 1. The third-order valence-corrected chi connectivity index (χ3v) is 6.34. The van der Waals surface area contributed by atoms with Gasteiger partial charge in [-0.25, -0.2) is 4.98 Å². The molecular weight excluding hydrogens is 358 g/mol. The average Bonchev–Trinajstić information content (AvgIpc) is 3.17. The first-order valence-corrected chi connectivity index (χ1v) is 10.00. The number of nitrogens with zero attached hydrogens (tertiary/aromatic N) is 3. The Bertz CT molecular complexity index is 914. The minimum atomic E-state index is 0.0705. The van der Waals surface area contributed by atoms with Crippen LogP contribution in [-0.4, -0.2) is 54.0 Å². The van der Waals surface area contributed by atoms with Gasteiger partial charge in [-0.05, 0) is 37.3 Å². The minimum absolute atomic E-state index is 0.0705. The van der Waals surface area contributed by atoms with Gasteiger partial charge >= 0.3 is 0 Å². The molecule has 3 aromatic rings. The molecule has 27 heavy (non-hydrogen) atoms. The molecule has 140 valence electrons. The quantitative estimate of drug-likeness (QED) is 0.689. The molecule has 1 amide bonds. The van der Waals surface area contributed by atoms with Crippen molar-refractivity contribution in [3.05, 3.63) is 59.1 Å². The molecule has 1 aromatic heterocycles. The van der Waals surface area contributed by atoms with Crippen LogP contribution in [0.5, 0.6) is 5.75 Å². The molecule has 0 aliphatic carbocycles. The van der Waals surface area contributed by atoms with Crippen LogP contribution in [0.3, 0.4) is 0 Å². The van der Waals surface area contributed by atoms with Crippen molar-refractivity contribution in [2.75, 3.05) is 33.3 Å². The molecule has 1 saturated heterocycles. The topological polar surface area (TPSA) is 45.7 Å². The van der Waals surface area contributed by atoms with Gasteiger partial charge in [-0.2, -0.15) is 0 Å². The lowest BCUT2D eigenvalue weighted by Crippen LogP contribution is -2.49. The van der Waals surface area contributed by atoms with Crippen molar-refractivity contribution in [2.24, 2.45) is 0 Å². The van der Waals surface area contributed by atoms with Crippen molar-refractivity contribution in [1.82, 2.24) is 14.8 Å². The summed E-state index contributed by atoms with van der Waals surface area (Å²) in [6, 6.07) is 15.9. The van der Waals surface area contributed by atoms with E-state index in [2.05, 4.69) is 30.0 Å². The molecule has 0 saturated carbocycles. The molecule has 6 heteroatoms. The van der Waals surface area contributed by atoms with E-state index in [4.69, 9.17) is 9.72 Å². The maximum atomic E-state index is 12.8. The van der Waals surface area contributed by atoms with E-state index in [9.17, 15) is 4.79 Å². The summed E-state index contributed by atoms with van der Waals surface area (Å²) in [5.74, 6) is 0.783. The number of rotatable bonds is 4. The molecule has 0 radical (unpaired) electrons. The van der Waals surface area contributed by atoms with Crippen molar-refractivity contribution in [3.63, 3.8) is 0 Å². The highest BCUT2D eigenvalue weighted by molar-refractivity contribution is 7.18. The number of benzene rings is 2. The zero-order valence-electron chi connectivity index (χ0n) is 15.6. The number of para-hydroxylation sites is 1. The zero-order valence-corrected chi connectivity index (χ0v) is 16.4. The van der Waals surface area contributed by atoms with E-state index in [-0.39, 0.29) is 11.9 Å². The Morgan fingerprint density at radius 1 is 1.11 bits per heavy atom. The summed E-state index contributed by atoms with van der Waals surface area (Å²) >= 11 is 1.76. The maximum Gasteiger partial charge on any atom is 0.254 e. The summed E-state index contributed by atoms with van der Waals surface area (Å²) in [7, 11) is 1.62. The van der Waals surface area contributed by atoms with Gasteiger partial charge in [0.05, 0.1) is 23.4 Å². The Kier molecular flexibility index (Phi) is 5.09. The van der Waals surface area contributed by atoms with E-state index in [1.807, 2.05) is 29.2 Å². The highest BCUT2D eigenvalue weighted by Crippen LogP contribution is 2.30. The van der Waals surface area contributed by atoms with Crippen LogP contribution in [0.1, 0.15) is 28.3 Å². The van der Waals surface area contributed by atoms with Crippen LogP contribution >= 0.6 is 11.3 Å². The monoisotopic (exact) mass is 381 g/mol. The summed E-state index contributed by atoms with van der Waals surface area (Å²) in [5.41, 5.74) is 1.75. The van der Waals surface area contributed by atoms with Gasteiger partial charge in [-0.1, -0.05) is 18.2 Å². The van der Waals surface area contributed by atoms with Crippen molar-refractivity contribution in [1.29, 1.82) is 0 Å². The fourth-order valence-corrected chi connectivity index (χ4v) is 4.53. The third kappa shape index (κ3) is 3.68. The largest absolute Gasteiger partial charge is 0.497 e. The third-order valence-electron chi connectivity index (χ3n) is 5.13. The van der Waals surface area contributed by atoms with Crippen LogP contribution in [0.4, 0.5) is 0 Å². The predicted molar refractivity (Wildman–Crippen MR) is 109 cm³/mol. The van der Waals surface area contributed by atoms with E-state index < -0.39 is 0 Å². The Balaban J connectivity index is 1.41. The molecular formula is C21H23N3O2S. The Morgan fingerprint density at radius 3 is 2.63 bits per heavy atom. The number of ether oxygens (including phenoxy) is 1. The van der Waals surface area contributed by atoms with E-state index in [1.54, 1.807) is 24.5 Å². The molecule has 1 atom stereocenters. The number of thiazole rings is 1. The summed E-state index contributed by atoms with van der Waals surface area (Å²) < 4.78 is 6.46. The maximum absolute atomic E-state index is 12.8. The first kappa shape index (κ1) is 17.9. The standard InChI is InChI=1S/C21H23N3O2S/c1-15(20-22-18-8-3-4-9-19(18)27-20)23-10-12-24(13-11-23)21(25)16-6-5-7-17(14-16)26-2/h3-9,14-15H,10-13H2,1-2H3. The smallest absolute Gasteiger partial charge is 0.254 e. The number of carbonyl (C=O) groups excluding carboxylic acids is 1. The molecule has 0 spiro atoms. The number of amides is 1. The summed E-state index contributed by atoms with van der Waals surface area (Å²) in [5, 5.41) is 1.14. The van der Waals surface area contributed by atoms with Gasteiger partial charge in [-0.15, -0.1) is 11.3 Å². The van der Waals surface area contributed by atoms with Crippen molar-refractivity contribution >= 4 is 27.5 Å². The van der Waals surface area contributed by atoms with Crippen molar-refractivity contribution in [2.45, 2.75) is 13.0 Å². The highest BCUT2D eigenvalue weighted by Gasteiger charge is 2.27. The van der Waals surface area contributed by atoms with Crippen LogP contribution in [0, 0.1) is 0 Å². The molecule has 4 rings (SSSR count). The van der Waals surface area contributed by atoms with Gasteiger partial charge in [0.2, 0.25) is 0 Å². The molecule has 0 N–H and O–H groups in total. The molecule has 2 heterocycles. The second-order valence-electron chi connectivity index (χ2n) is 6.76. The number of hydrogen-bond donors (Lipinski definition) is 0. The second-order valence-corrected chi connectivity index (χ2v) is 7.82. The first-order valence-electron chi connectivity index (χ1n) is 9.18. The lowest BCUT2D eigenvalue weighted by Gasteiger charge is -2.37. The SMILES string of the molecule is COc1cccc(C(=O)N2CCN(C(C)c3nc4ccccc4s3)CC2)c1. The van der Waals surface area contributed by atoms with Crippen LogP contribution in [0.15, 0.2) is 48.5 Å². The van der Waals surface area contributed by atoms with Gasteiger partial charge in [0.1, 0.15) is 10.8 Å². The zero-order chi connectivity index (χ0) is 18.8. The lowest BCUT2D eigenvalue weighted by atomic mass is 10.1. The summed E-state index contributed by atoms with van der Waals surface area (Å²) in [6.07, 6.45) is 0. The summed E-state index contributed by atoms with van der Waals surface area (Å²) in [4.78, 5) is 21.9. The fourth-order valence-electron chi connectivity index (χ4n) is 3.48. The van der Waals surface area contributed by atoms with Crippen LogP contribution in [-0.2, 0) is 0 Å². The van der Waals surface area contributed by atoms with Crippen LogP contribution in [0.25, 0.3) is 10.2 Å². The molecule has 1 aliphatic heterocycles. The number of piperazine rings is 1. The van der Waals surface area contributed by atoms with Crippen molar-refractivity contribution < 1.29 is 9.53 Å². The number of carbonyl (C=O) groups is 1. The van der Waals surface area contributed by atoms with Crippen molar-refractivity contribution in [3.8, 4) is 5.75 Å². The molecule has 1 unspecified atom stereocenters. The first-order chi connectivity index (χ1) is 13.2. The van der Waals surface area contributed by atoms with E-state index in [1.165, 1.54) is 4.70 Å². The predicted octanol–water partition coefficient (Wildman–Crippen LogP) is 3.82. The van der Waals surface area contributed by atoms with E-state index in [0.29, 0.717) is 11.3 Å². The molecule has 1 aliphatic rings. The molecule has 1 fully saturated rings. The molecule has 0 bridgehead atoms. The van der Waals surface area contributed by atoms with Gasteiger partial charge in [0.25, 0.3) is 5.91 Å². The normalized spacial score (nSPS) is 16.4. The van der Waals surface area contributed by atoms with E-state index in [0.717, 1.165) is 36.7 Å². The van der Waals surface area contributed by atoms with E-state index >= 15 is 0 Å². The average molecular weight is 382 g/mol. The van der Waals surface area contributed by atoms with Gasteiger partial charge < -0.3 is 9.64 Å². The number of methoxy groups -OCH3 is 1. The second kappa shape index (κ2) is 7.66. The van der Waals surface area contributed by atoms with Crippen LogP contribution < -0.4 is 4.74 Å². The van der Waals surface area contributed by atoms with Gasteiger partial charge in [0, 0.05) is 31.7 Å². The lowest BCUT2D eigenvalue weighted by molar-refractivity contribution is 0.0582. The minimum Gasteiger partial charge on any atom is -0.497 e. The summed E-state index contributed by atoms with van der Waals surface area (Å²) in [6.45, 7) is 5.37.